The van der Waals surface area contributed by atoms with Gasteiger partial charge in [-0.1, -0.05) is 12.1 Å². The number of aliphatic hydroxyl groups is 1. The van der Waals surface area contributed by atoms with Crippen LogP contribution in [0.4, 0.5) is 0 Å². The predicted octanol–water partition coefficient (Wildman–Crippen LogP) is 2.05. The molecule has 0 fully saturated rings. The molecule has 0 amide bonds. The number of rotatable bonds is 6. The van der Waals surface area contributed by atoms with Crippen molar-refractivity contribution in [3.05, 3.63) is 36.4 Å². The lowest BCUT2D eigenvalue weighted by molar-refractivity contribution is 0.166. The van der Waals surface area contributed by atoms with Crippen LogP contribution in [0.15, 0.2) is 30.9 Å². The summed E-state index contributed by atoms with van der Waals surface area (Å²) in [7, 11) is 0. The molecule has 1 atom stereocenters. The molecule has 0 radical (unpaired) electrons. The van der Waals surface area contributed by atoms with Crippen LogP contribution in [-0.4, -0.2) is 31.4 Å². The van der Waals surface area contributed by atoms with E-state index in [-0.39, 0.29) is 0 Å². The van der Waals surface area contributed by atoms with Crippen LogP contribution < -0.4 is 14.8 Å². The first-order chi connectivity index (χ1) is 9.31. The molecule has 0 aromatic heterocycles. The van der Waals surface area contributed by atoms with Gasteiger partial charge in [-0.3, -0.25) is 0 Å². The van der Waals surface area contributed by atoms with Crippen molar-refractivity contribution < 1.29 is 14.6 Å². The fourth-order valence-corrected chi connectivity index (χ4v) is 2.00. The molecule has 0 aliphatic carbocycles. The Hall–Kier alpha value is -1.52. The standard InChI is InChI=1S/C15H21NO3/c1-2-7-16-8-6-13(17)12-4-5-14-15(11-12)19-10-3-9-18-14/h2,4-5,11,13,16-17H,1,3,6-10H2. The summed E-state index contributed by atoms with van der Waals surface area (Å²) in [5, 5.41) is 13.3. The number of aliphatic hydroxyl groups excluding tert-OH is 1. The summed E-state index contributed by atoms with van der Waals surface area (Å²) in [6, 6.07) is 5.64. The maximum atomic E-state index is 10.1. The summed E-state index contributed by atoms with van der Waals surface area (Å²) in [5.41, 5.74) is 0.865. The molecule has 1 aliphatic rings. The first-order valence-corrected chi connectivity index (χ1v) is 6.70. The molecule has 4 nitrogen and oxygen atoms in total. The zero-order chi connectivity index (χ0) is 13.5. The zero-order valence-electron chi connectivity index (χ0n) is 11.1. The number of hydrogen-bond donors (Lipinski definition) is 2. The van der Waals surface area contributed by atoms with Crippen LogP contribution in [0, 0.1) is 0 Å². The summed E-state index contributed by atoms with van der Waals surface area (Å²) in [6.07, 6.45) is 2.86. The molecule has 0 bridgehead atoms. The number of fused-ring (bicyclic) bond motifs is 1. The van der Waals surface area contributed by atoms with E-state index in [9.17, 15) is 5.11 Å². The number of hydrogen-bond acceptors (Lipinski definition) is 4. The van der Waals surface area contributed by atoms with E-state index in [1.54, 1.807) is 6.08 Å². The molecule has 1 unspecified atom stereocenters. The van der Waals surface area contributed by atoms with Gasteiger partial charge in [-0.25, -0.2) is 0 Å². The second-order valence-electron chi connectivity index (χ2n) is 4.55. The van der Waals surface area contributed by atoms with E-state index in [0.29, 0.717) is 19.6 Å². The van der Waals surface area contributed by atoms with Gasteiger partial charge in [0.05, 0.1) is 19.3 Å². The van der Waals surface area contributed by atoms with Crippen LogP contribution in [-0.2, 0) is 0 Å². The Labute approximate surface area is 114 Å². The molecule has 0 spiro atoms. The molecule has 0 saturated heterocycles. The van der Waals surface area contributed by atoms with Crippen molar-refractivity contribution in [2.45, 2.75) is 18.9 Å². The molecule has 19 heavy (non-hydrogen) atoms. The summed E-state index contributed by atoms with van der Waals surface area (Å²) in [6.45, 7) is 6.49. The Morgan fingerprint density at radius 1 is 1.32 bits per heavy atom. The highest BCUT2D eigenvalue weighted by Crippen LogP contribution is 2.32. The summed E-state index contributed by atoms with van der Waals surface area (Å²) in [5.74, 6) is 1.49. The summed E-state index contributed by atoms with van der Waals surface area (Å²) in [4.78, 5) is 0. The quantitative estimate of drug-likeness (QED) is 0.609. The molecule has 2 rings (SSSR count). The lowest BCUT2D eigenvalue weighted by atomic mass is 10.1. The van der Waals surface area contributed by atoms with Gasteiger partial charge in [-0.05, 0) is 30.7 Å². The second kappa shape index (κ2) is 7.16. The van der Waals surface area contributed by atoms with E-state index >= 15 is 0 Å². The third-order valence-electron chi connectivity index (χ3n) is 3.04. The maximum Gasteiger partial charge on any atom is 0.161 e. The molecular weight excluding hydrogens is 242 g/mol. The Balaban J connectivity index is 1.96. The monoisotopic (exact) mass is 263 g/mol. The Morgan fingerprint density at radius 3 is 2.89 bits per heavy atom. The summed E-state index contributed by atoms with van der Waals surface area (Å²) < 4.78 is 11.2. The van der Waals surface area contributed by atoms with E-state index in [0.717, 1.165) is 36.6 Å². The molecule has 1 aliphatic heterocycles. The van der Waals surface area contributed by atoms with Gasteiger partial charge in [0.15, 0.2) is 11.5 Å². The van der Waals surface area contributed by atoms with Crippen LogP contribution in [0.1, 0.15) is 24.5 Å². The molecule has 104 valence electrons. The lowest BCUT2D eigenvalue weighted by Gasteiger charge is -2.14. The molecule has 1 aromatic rings. The molecule has 1 heterocycles. The normalized spacial score (nSPS) is 15.6. The van der Waals surface area contributed by atoms with Crippen molar-refractivity contribution in [3.63, 3.8) is 0 Å². The van der Waals surface area contributed by atoms with Gasteiger partial charge in [0, 0.05) is 13.0 Å². The Kier molecular flexibility index (Phi) is 5.24. The smallest absolute Gasteiger partial charge is 0.161 e. The fraction of sp³-hybridized carbons (Fsp3) is 0.467. The molecule has 0 saturated carbocycles. The van der Waals surface area contributed by atoms with E-state index < -0.39 is 6.10 Å². The van der Waals surface area contributed by atoms with Crippen LogP contribution in [0.5, 0.6) is 11.5 Å². The van der Waals surface area contributed by atoms with Gasteiger partial charge >= 0.3 is 0 Å². The minimum Gasteiger partial charge on any atom is -0.490 e. The van der Waals surface area contributed by atoms with E-state index in [4.69, 9.17) is 9.47 Å². The minimum atomic E-state index is -0.491. The average Bonchev–Trinajstić information content (AvgIpc) is 2.67. The predicted molar refractivity (Wildman–Crippen MR) is 74.7 cm³/mol. The minimum absolute atomic E-state index is 0.491. The Bertz CT molecular complexity index is 420. The van der Waals surface area contributed by atoms with Gasteiger partial charge in [-0.15, -0.1) is 6.58 Å². The van der Waals surface area contributed by atoms with Crippen LogP contribution in [0.2, 0.25) is 0 Å². The summed E-state index contributed by atoms with van der Waals surface area (Å²) >= 11 is 0. The third kappa shape index (κ3) is 3.98. The Morgan fingerprint density at radius 2 is 2.11 bits per heavy atom. The van der Waals surface area contributed by atoms with Gasteiger partial charge < -0.3 is 19.9 Å². The molecule has 2 N–H and O–H groups in total. The van der Waals surface area contributed by atoms with Crippen molar-refractivity contribution in [1.82, 2.24) is 5.32 Å². The van der Waals surface area contributed by atoms with Crippen molar-refractivity contribution in [2.24, 2.45) is 0 Å². The van der Waals surface area contributed by atoms with E-state index in [1.807, 2.05) is 18.2 Å². The number of nitrogens with one attached hydrogen (secondary N) is 1. The number of ether oxygens (including phenoxy) is 2. The third-order valence-corrected chi connectivity index (χ3v) is 3.04. The topological polar surface area (TPSA) is 50.7 Å². The zero-order valence-corrected chi connectivity index (χ0v) is 11.1. The van der Waals surface area contributed by atoms with Crippen LogP contribution in [0.3, 0.4) is 0 Å². The van der Waals surface area contributed by atoms with Gasteiger partial charge in [0.1, 0.15) is 0 Å². The largest absolute Gasteiger partial charge is 0.490 e. The van der Waals surface area contributed by atoms with Gasteiger partial charge in [-0.2, -0.15) is 0 Å². The van der Waals surface area contributed by atoms with Gasteiger partial charge in [0.25, 0.3) is 0 Å². The molecular formula is C15H21NO3. The number of benzene rings is 1. The molecule has 1 aromatic carbocycles. The highest BCUT2D eigenvalue weighted by Gasteiger charge is 2.14. The highest BCUT2D eigenvalue weighted by molar-refractivity contribution is 5.44. The van der Waals surface area contributed by atoms with Crippen molar-refractivity contribution in [1.29, 1.82) is 0 Å². The van der Waals surface area contributed by atoms with E-state index in [1.165, 1.54) is 0 Å². The second-order valence-corrected chi connectivity index (χ2v) is 4.55. The van der Waals surface area contributed by atoms with Crippen molar-refractivity contribution in [2.75, 3.05) is 26.3 Å². The lowest BCUT2D eigenvalue weighted by Crippen LogP contribution is -2.17. The maximum absolute atomic E-state index is 10.1. The van der Waals surface area contributed by atoms with Crippen LogP contribution in [0.25, 0.3) is 0 Å². The van der Waals surface area contributed by atoms with E-state index in [2.05, 4.69) is 11.9 Å². The highest BCUT2D eigenvalue weighted by atomic mass is 16.5. The van der Waals surface area contributed by atoms with Crippen molar-refractivity contribution >= 4 is 0 Å². The molecule has 4 heteroatoms. The first-order valence-electron chi connectivity index (χ1n) is 6.70. The van der Waals surface area contributed by atoms with Crippen LogP contribution >= 0.6 is 0 Å². The SMILES string of the molecule is C=CCNCCC(O)c1ccc2c(c1)OCCCO2. The van der Waals surface area contributed by atoms with Gasteiger partial charge in [0.2, 0.25) is 0 Å². The average molecular weight is 263 g/mol. The first kappa shape index (κ1) is 13.9. The fourth-order valence-electron chi connectivity index (χ4n) is 2.00. The van der Waals surface area contributed by atoms with Crippen molar-refractivity contribution in [3.8, 4) is 11.5 Å².